The van der Waals surface area contributed by atoms with Crippen LogP contribution in [0.25, 0.3) is 0 Å². The number of nitrogens with two attached hydrogens (primary N) is 1. The van der Waals surface area contributed by atoms with Gasteiger partial charge in [-0.15, -0.1) is 0 Å². The minimum atomic E-state index is -0.397. The molecule has 0 atom stereocenters. The number of rotatable bonds is 4. The molecule has 0 aliphatic heterocycles. The van der Waals surface area contributed by atoms with Crippen molar-refractivity contribution in [1.82, 2.24) is 9.97 Å². The molecule has 7 heteroatoms. The Bertz CT molecular complexity index is 689. The zero-order chi connectivity index (χ0) is 15.6. The summed E-state index contributed by atoms with van der Waals surface area (Å²) >= 11 is 1.24. The van der Waals surface area contributed by atoms with Crippen molar-refractivity contribution in [3.63, 3.8) is 0 Å². The Morgan fingerprint density at radius 3 is 2.57 bits per heavy atom. The molecule has 0 saturated carbocycles. The lowest BCUT2D eigenvalue weighted by Gasteiger charge is -2.11. The van der Waals surface area contributed by atoms with E-state index in [1.165, 1.54) is 17.8 Å². The zero-order valence-electron chi connectivity index (χ0n) is 12.0. The number of nitro benzene ring substituents is 1. The van der Waals surface area contributed by atoms with Crippen LogP contribution in [0.4, 0.5) is 11.5 Å². The van der Waals surface area contributed by atoms with Crippen molar-refractivity contribution in [2.45, 2.75) is 36.6 Å². The third-order valence-corrected chi connectivity index (χ3v) is 4.10. The van der Waals surface area contributed by atoms with E-state index in [9.17, 15) is 10.1 Å². The lowest BCUT2D eigenvalue weighted by Crippen LogP contribution is -2.05. The average Bonchev–Trinajstić information content (AvgIpc) is 2.43. The standard InChI is InChI=1S/C14H16N4O2S/c1-8(2)13-16-12(15)9(3)14(17-13)21-11-7-5-4-6-10(11)18(19)20/h4-8H,1-3H3,(H2,15,16,17). The number of hydrogen-bond acceptors (Lipinski definition) is 6. The minimum Gasteiger partial charge on any atom is -0.383 e. The van der Waals surface area contributed by atoms with E-state index in [-0.39, 0.29) is 11.6 Å². The van der Waals surface area contributed by atoms with Crippen LogP contribution < -0.4 is 5.73 Å². The molecule has 0 fully saturated rings. The first-order valence-corrected chi connectivity index (χ1v) is 7.27. The summed E-state index contributed by atoms with van der Waals surface area (Å²) in [6.07, 6.45) is 0. The molecule has 0 radical (unpaired) electrons. The monoisotopic (exact) mass is 304 g/mol. The summed E-state index contributed by atoms with van der Waals surface area (Å²) in [5.74, 6) is 1.19. The number of hydrogen-bond donors (Lipinski definition) is 1. The second-order valence-electron chi connectivity index (χ2n) is 4.88. The molecule has 0 amide bonds. The van der Waals surface area contributed by atoms with Crippen molar-refractivity contribution in [3.05, 3.63) is 45.8 Å². The molecule has 110 valence electrons. The maximum absolute atomic E-state index is 11.1. The third-order valence-electron chi connectivity index (χ3n) is 2.94. The van der Waals surface area contributed by atoms with Gasteiger partial charge in [0.2, 0.25) is 0 Å². The van der Waals surface area contributed by atoms with Gasteiger partial charge >= 0.3 is 0 Å². The Morgan fingerprint density at radius 2 is 1.95 bits per heavy atom. The van der Waals surface area contributed by atoms with Crippen molar-refractivity contribution < 1.29 is 4.92 Å². The van der Waals surface area contributed by atoms with Crippen LogP contribution in [0, 0.1) is 17.0 Å². The van der Waals surface area contributed by atoms with E-state index in [2.05, 4.69) is 9.97 Å². The van der Waals surface area contributed by atoms with Gasteiger partial charge in [0.15, 0.2) is 0 Å². The summed E-state index contributed by atoms with van der Waals surface area (Å²) in [5.41, 5.74) is 6.71. The number of benzene rings is 1. The van der Waals surface area contributed by atoms with Gasteiger partial charge in [-0.25, -0.2) is 9.97 Å². The summed E-state index contributed by atoms with van der Waals surface area (Å²) in [6, 6.07) is 6.59. The molecule has 0 unspecified atom stereocenters. The van der Waals surface area contributed by atoms with E-state index in [0.717, 1.165) is 5.56 Å². The van der Waals surface area contributed by atoms with Gasteiger partial charge in [0.25, 0.3) is 5.69 Å². The Hall–Kier alpha value is -2.15. The molecule has 2 rings (SSSR count). The summed E-state index contributed by atoms with van der Waals surface area (Å²) in [5, 5.41) is 11.7. The van der Waals surface area contributed by atoms with Crippen molar-refractivity contribution in [3.8, 4) is 0 Å². The average molecular weight is 304 g/mol. The van der Waals surface area contributed by atoms with E-state index < -0.39 is 4.92 Å². The Morgan fingerprint density at radius 1 is 1.29 bits per heavy atom. The molecule has 0 aliphatic carbocycles. The Labute approximate surface area is 127 Å². The lowest BCUT2D eigenvalue weighted by atomic mass is 10.2. The first-order chi connectivity index (χ1) is 9.90. The smallest absolute Gasteiger partial charge is 0.283 e. The van der Waals surface area contributed by atoms with Crippen LogP contribution in [0.3, 0.4) is 0 Å². The maximum Gasteiger partial charge on any atom is 0.283 e. The highest BCUT2D eigenvalue weighted by Crippen LogP contribution is 2.36. The van der Waals surface area contributed by atoms with Gasteiger partial charge in [-0.3, -0.25) is 10.1 Å². The van der Waals surface area contributed by atoms with Crippen LogP contribution in [0.15, 0.2) is 34.2 Å². The van der Waals surface area contributed by atoms with Gasteiger partial charge in [0, 0.05) is 17.5 Å². The number of anilines is 1. The lowest BCUT2D eigenvalue weighted by molar-refractivity contribution is -0.387. The van der Waals surface area contributed by atoms with Gasteiger partial charge in [0.05, 0.1) is 9.82 Å². The van der Waals surface area contributed by atoms with E-state index >= 15 is 0 Å². The molecule has 21 heavy (non-hydrogen) atoms. The topological polar surface area (TPSA) is 94.9 Å². The second kappa shape index (κ2) is 6.09. The summed E-state index contributed by atoms with van der Waals surface area (Å²) in [4.78, 5) is 19.9. The highest BCUT2D eigenvalue weighted by atomic mass is 32.2. The Kier molecular flexibility index (Phi) is 4.42. The molecular formula is C14H16N4O2S. The van der Waals surface area contributed by atoms with Gasteiger partial charge < -0.3 is 5.73 Å². The predicted molar refractivity (Wildman–Crippen MR) is 82.5 cm³/mol. The number of nitrogen functional groups attached to an aromatic ring is 1. The van der Waals surface area contributed by atoms with Crippen molar-refractivity contribution in [2.24, 2.45) is 0 Å². The molecular weight excluding hydrogens is 288 g/mol. The SMILES string of the molecule is Cc1c(N)nc(C(C)C)nc1Sc1ccccc1[N+](=O)[O-]. The molecule has 2 N–H and O–H groups in total. The van der Waals surface area contributed by atoms with Gasteiger partial charge in [-0.1, -0.05) is 37.7 Å². The zero-order valence-corrected chi connectivity index (χ0v) is 12.8. The molecule has 2 aromatic rings. The van der Waals surface area contributed by atoms with Crippen molar-refractivity contribution >= 4 is 23.3 Å². The van der Waals surface area contributed by atoms with Crippen LogP contribution in [0.1, 0.15) is 31.2 Å². The number of nitrogens with zero attached hydrogens (tertiary/aromatic N) is 3. The minimum absolute atomic E-state index is 0.0604. The quantitative estimate of drug-likeness (QED) is 0.527. The van der Waals surface area contributed by atoms with E-state index in [0.29, 0.717) is 21.6 Å². The van der Waals surface area contributed by atoms with E-state index in [1.54, 1.807) is 18.2 Å². The molecule has 1 heterocycles. The molecule has 0 saturated heterocycles. The Balaban J connectivity index is 2.47. The predicted octanol–water partition coefficient (Wildman–Crippen LogP) is 3.55. The highest BCUT2D eigenvalue weighted by molar-refractivity contribution is 7.99. The fraction of sp³-hybridized carbons (Fsp3) is 0.286. The fourth-order valence-corrected chi connectivity index (χ4v) is 2.68. The van der Waals surface area contributed by atoms with Crippen molar-refractivity contribution in [1.29, 1.82) is 0 Å². The maximum atomic E-state index is 11.1. The first kappa shape index (κ1) is 15.2. The van der Waals surface area contributed by atoms with Gasteiger partial charge in [-0.2, -0.15) is 0 Å². The van der Waals surface area contributed by atoms with Gasteiger partial charge in [-0.05, 0) is 13.0 Å². The summed E-state index contributed by atoms with van der Waals surface area (Å²) in [6.45, 7) is 5.77. The van der Waals surface area contributed by atoms with E-state index in [1.807, 2.05) is 20.8 Å². The number of para-hydroxylation sites is 1. The molecule has 6 nitrogen and oxygen atoms in total. The molecule has 0 aliphatic rings. The molecule has 1 aromatic heterocycles. The van der Waals surface area contributed by atoms with Crippen molar-refractivity contribution in [2.75, 3.05) is 5.73 Å². The van der Waals surface area contributed by atoms with Crippen LogP contribution in [0.2, 0.25) is 0 Å². The summed E-state index contributed by atoms with van der Waals surface area (Å²) in [7, 11) is 0. The van der Waals surface area contributed by atoms with Crippen LogP contribution in [0.5, 0.6) is 0 Å². The first-order valence-electron chi connectivity index (χ1n) is 6.45. The molecule has 1 aromatic carbocycles. The van der Waals surface area contributed by atoms with Crippen LogP contribution >= 0.6 is 11.8 Å². The second-order valence-corrected chi connectivity index (χ2v) is 5.91. The van der Waals surface area contributed by atoms with Crippen LogP contribution in [-0.2, 0) is 0 Å². The fourth-order valence-electron chi connectivity index (χ4n) is 1.69. The molecule has 0 spiro atoms. The van der Waals surface area contributed by atoms with Crippen LogP contribution in [-0.4, -0.2) is 14.9 Å². The van der Waals surface area contributed by atoms with E-state index in [4.69, 9.17) is 5.73 Å². The number of nitro groups is 1. The van der Waals surface area contributed by atoms with Gasteiger partial charge in [0.1, 0.15) is 16.7 Å². The summed E-state index contributed by atoms with van der Waals surface area (Å²) < 4.78 is 0. The largest absolute Gasteiger partial charge is 0.383 e. The third kappa shape index (κ3) is 3.30. The number of aromatic nitrogens is 2. The molecule has 0 bridgehead atoms. The normalized spacial score (nSPS) is 10.9. The highest BCUT2D eigenvalue weighted by Gasteiger charge is 2.18.